The van der Waals surface area contributed by atoms with Gasteiger partial charge in [0.25, 0.3) is 0 Å². The Hall–Kier alpha value is -4.26. The van der Waals surface area contributed by atoms with E-state index in [1.807, 2.05) is 41.1 Å². The molecule has 174 valence electrons. The molecule has 1 saturated heterocycles. The molecule has 2 aromatic heterocycles. The number of nitrogens with zero attached hydrogens (tertiary/aromatic N) is 5. The van der Waals surface area contributed by atoms with Crippen LogP contribution in [0.2, 0.25) is 0 Å². The van der Waals surface area contributed by atoms with Crippen molar-refractivity contribution in [2.75, 3.05) is 36.0 Å². The normalized spacial score (nSPS) is 14.0. The fourth-order valence-electron chi connectivity index (χ4n) is 4.79. The molecule has 5 nitrogen and oxygen atoms in total. The van der Waals surface area contributed by atoms with Gasteiger partial charge in [-0.3, -0.25) is 0 Å². The maximum absolute atomic E-state index is 14.3. The summed E-state index contributed by atoms with van der Waals surface area (Å²) in [6, 6.07) is 23.4. The summed E-state index contributed by atoms with van der Waals surface area (Å²) >= 11 is 0. The summed E-state index contributed by atoms with van der Waals surface area (Å²) in [7, 11) is 0. The van der Waals surface area contributed by atoms with Crippen molar-refractivity contribution in [1.82, 2.24) is 14.5 Å². The lowest BCUT2D eigenvalue weighted by molar-refractivity contribution is 0.596. The summed E-state index contributed by atoms with van der Waals surface area (Å²) in [5.41, 5.74) is 4.29. The maximum atomic E-state index is 14.3. The predicted molar refractivity (Wildman–Crippen MR) is 135 cm³/mol. The van der Waals surface area contributed by atoms with E-state index in [1.54, 1.807) is 24.5 Å². The Morgan fingerprint density at radius 2 is 1.37 bits per heavy atom. The summed E-state index contributed by atoms with van der Waals surface area (Å²) < 4.78 is 29.9. The second kappa shape index (κ2) is 8.83. The number of rotatable bonds is 4. The number of benzene rings is 3. The molecule has 3 aromatic carbocycles. The van der Waals surface area contributed by atoms with E-state index < -0.39 is 0 Å². The zero-order chi connectivity index (χ0) is 23.8. The Bertz CT molecular complexity index is 1470. The highest BCUT2D eigenvalue weighted by Crippen LogP contribution is 2.37. The highest BCUT2D eigenvalue weighted by molar-refractivity contribution is 6.02. The van der Waals surface area contributed by atoms with Gasteiger partial charge in [0.15, 0.2) is 5.65 Å². The average molecular weight is 468 g/mol. The van der Waals surface area contributed by atoms with Crippen LogP contribution in [0.1, 0.15) is 0 Å². The first kappa shape index (κ1) is 21.3. The molecule has 3 heterocycles. The van der Waals surface area contributed by atoms with E-state index in [1.165, 1.54) is 18.2 Å². The van der Waals surface area contributed by atoms with Crippen molar-refractivity contribution < 1.29 is 8.78 Å². The quantitative estimate of drug-likeness (QED) is 0.340. The molecular formula is C28H23F2N5. The minimum atomic E-state index is -0.281. The van der Waals surface area contributed by atoms with E-state index in [-0.39, 0.29) is 11.6 Å². The van der Waals surface area contributed by atoms with Crippen LogP contribution < -0.4 is 9.80 Å². The SMILES string of the molecule is Fc1ccc(-n2cc(-c3ccccc3)c3c(N4CCN(c5ccccc5F)CC4)ncnc32)cc1. The third-order valence-electron chi connectivity index (χ3n) is 6.52. The number of piperazine rings is 1. The van der Waals surface area contributed by atoms with Crippen molar-refractivity contribution in [3.63, 3.8) is 0 Å². The Kier molecular flexibility index (Phi) is 5.37. The van der Waals surface area contributed by atoms with Gasteiger partial charge < -0.3 is 14.4 Å². The molecule has 0 amide bonds. The van der Waals surface area contributed by atoms with Gasteiger partial charge in [-0.25, -0.2) is 18.7 Å². The zero-order valence-electron chi connectivity index (χ0n) is 19.0. The summed E-state index contributed by atoms with van der Waals surface area (Å²) in [4.78, 5) is 13.6. The van der Waals surface area contributed by atoms with Gasteiger partial charge in [0.2, 0.25) is 0 Å². The third kappa shape index (κ3) is 3.89. The summed E-state index contributed by atoms with van der Waals surface area (Å²) in [6.07, 6.45) is 3.62. The second-order valence-electron chi connectivity index (χ2n) is 8.58. The van der Waals surface area contributed by atoms with Gasteiger partial charge in [-0.1, -0.05) is 42.5 Å². The van der Waals surface area contributed by atoms with Crippen LogP contribution in [0.25, 0.3) is 27.8 Å². The lowest BCUT2D eigenvalue weighted by atomic mass is 10.1. The first-order chi connectivity index (χ1) is 17.2. The molecule has 0 spiro atoms. The molecule has 0 atom stereocenters. The first-order valence-corrected chi connectivity index (χ1v) is 11.6. The van der Waals surface area contributed by atoms with Crippen molar-refractivity contribution in [2.24, 2.45) is 0 Å². The van der Waals surface area contributed by atoms with Gasteiger partial charge in [0, 0.05) is 43.6 Å². The van der Waals surface area contributed by atoms with Gasteiger partial charge in [-0.05, 0) is 42.0 Å². The lowest BCUT2D eigenvalue weighted by Gasteiger charge is -2.37. The monoisotopic (exact) mass is 467 g/mol. The minimum Gasteiger partial charge on any atom is -0.366 e. The zero-order valence-corrected chi connectivity index (χ0v) is 19.0. The second-order valence-corrected chi connectivity index (χ2v) is 8.58. The number of aromatic nitrogens is 3. The highest BCUT2D eigenvalue weighted by atomic mass is 19.1. The molecule has 0 bridgehead atoms. The van der Waals surface area contributed by atoms with Crippen LogP contribution in [-0.4, -0.2) is 40.7 Å². The Labute approximate surface area is 201 Å². The number of para-hydroxylation sites is 1. The largest absolute Gasteiger partial charge is 0.366 e. The highest BCUT2D eigenvalue weighted by Gasteiger charge is 2.25. The number of hydrogen-bond donors (Lipinski definition) is 0. The first-order valence-electron chi connectivity index (χ1n) is 11.6. The van der Waals surface area contributed by atoms with Crippen LogP contribution in [0.15, 0.2) is 91.4 Å². The van der Waals surface area contributed by atoms with Gasteiger partial charge in [-0.2, -0.15) is 0 Å². The minimum absolute atomic E-state index is 0.201. The van der Waals surface area contributed by atoms with Crippen molar-refractivity contribution in [2.45, 2.75) is 0 Å². The number of halogens is 2. The average Bonchev–Trinajstić information content (AvgIpc) is 3.30. The molecule has 0 aliphatic carbocycles. The topological polar surface area (TPSA) is 37.2 Å². The summed E-state index contributed by atoms with van der Waals surface area (Å²) in [6.45, 7) is 2.78. The predicted octanol–water partition coefficient (Wildman–Crippen LogP) is 5.69. The van der Waals surface area contributed by atoms with Gasteiger partial charge in [-0.15, -0.1) is 0 Å². The molecule has 5 aromatic rings. The Balaban J connectivity index is 1.43. The number of fused-ring (bicyclic) bond motifs is 1. The molecular weight excluding hydrogens is 444 g/mol. The van der Waals surface area contributed by atoms with E-state index in [0.29, 0.717) is 31.9 Å². The van der Waals surface area contributed by atoms with E-state index in [2.05, 4.69) is 26.9 Å². The number of hydrogen-bond acceptors (Lipinski definition) is 4. The standard InChI is InChI=1S/C28H23F2N5/c29-21-10-12-22(13-11-21)35-18-23(20-6-2-1-3-7-20)26-27(31-19-32-28(26)35)34-16-14-33(15-17-34)25-9-5-4-8-24(25)30/h1-13,18-19H,14-17H2. The Morgan fingerprint density at radius 3 is 2.11 bits per heavy atom. The molecule has 35 heavy (non-hydrogen) atoms. The van der Waals surface area contributed by atoms with E-state index >= 15 is 0 Å². The molecule has 1 aliphatic heterocycles. The maximum Gasteiger partial charge on any atom is 0.150 e. The molecule has 1 aliphatic rings. The van der Waals surface area contributed by atoms with Crippen LogP contribution in [0, 0.1) is 11.6 Å². The Morgan fingerprint density at radius 1 is 0.686 bits per heavy atom. The van der Waals surface area contributed by atoms with Crippen LogP contribution in [0.4, 0.5) is 20.3 Å². The lowest BCUT2D eigenvalue weighted by Crippen LogP contribution is -2.47. The molecule has 0 radical (unpaired) electrons. The fourth-order valence-corrected chi connectivity index (χ4v) is 4.79. The van der Waals surface area contributed by atoms with Crippen molar-refractivity contribution in [3.05, 3.63) is 103 Å². The summed E-state index contributed by atoms with van der Waals surface area (Å²) in [5, 5.41) is 0.947. The molecule has 0 unspecified atom stereocenters. The summed E-state index contributed by atoms with van der Waals surface area (Å²) in [5.74, 6) is 0.368. The molecule has 1 fully saturated rings. The molecule has 7 heteroatoms. The number of anilines is 2. The van der Waals surface area contributed by atoms with Crippen LogP contribution in [0.5, 0.6) is 0 Å². The molecule has 0 saturated carbocycles. The van der Waals surface area contributed by atoms with E-state index in [9.17, 15) is 8.78 Å². The van der Waals surface area contributed by atoms with Crippen molar-refractivity contribution in [1.29, 1.82) is 0 Å². The van der Waals surface area contributed by atoms with E-state index in [0.717, 1.165) is 33.7 Å². The third-order valence-corrected chi connectivity index (χ3v) is 6.52. The fraction of sp³-hybridized carbons (Fsp3) is 0.143. The molecule has 0 N–H and O–H groups in total. The van der Waals surface area contributed by atoms with E-state index in [4.69, 9.17) is 4.98 Å². The van der Waals surface area contributed by atoms with Gasteiger partial charge in [0.1, 0.15) is 23.8 Å². The van der Waals surface area contributed by atoms with Crippen LogP contribution >= 0.6 is 0 Å². The van der Waals surface area contributed by atoms with Gasteiger partial charge in [0.05, 0.1) is 11.1 Å². The van der Waals surface area contributed by atoms with Crippen LogP contribution in [0.3, 0.4) is 0 Å². The van der Waals surface area contributed by atoms with Crippen LogP contribution in [-0.2, 0) is 0 Å². The smallest absolute Gasteiger partial charge is 0.150 e. The van der Waals surface area contributed by atoms with Crippen molar-refractivity contribution in [3.8, 4) is 16.8 Å². The molecule has 6 rings (SSSR count). The van der Waals surface area contributed by atoms with Crippen molar-refractivity contribution >= 4 is 22.5 Å². The van der Waals surface area contributed by atoms with Gasteiger partial charge >= 0.3 is 0 Å².